The first-order valence-corrected chi connectivity index (χ1v) is 6.18. The van der Waals surface area contributed by atoms with Gasteiger partial charge in [0.2, 0.25) is 5.91 Å². The largest absolute Gasteiger partial charge is 0.368 e. The minimum Gasteiger partial charge on any atom is -0.368 e. The molecular weight excluding hydrogens is 230 g/mol. The summed E-state index contributed by atoms with van der Waals surface area (Å²) in [5.74, 6) is 0.883. The molecule has 0 saturated carbocycles. The number of hydrogen-bond donors (Lipinski definition) is 1. The van der Waals surface area contributed by atoms with E-state index in [1.54, 1.807) is 6.20 Å². The molecule has 0 aliphatic carbocycles. The molecule has 1 N–H and O–H groups in total. The number of nitrogens with one attached hydrogen (secondary N) is 1. The van der Waals surface area contributed by atoms with Gasteiger partial charge < -0.3 is 15.0 Å². The van der Waals surface area contributed by atoms with Crippen LogP contribution in [0.2, 0.25) is 0 Å². The molecule has 1 fully saturated rings. The van der Waals surface area contributed by atoms with Gasteiger partial charge in [0.1, 0.15) is 11.9 Å². The smallest absolute Gasteiger partial charge is 0.249 e. The number of amides is 1. The van der Waals surface area contributed by atoms with Crippen molar-refractivity contribution >= 4 is 11.7 Å². The number of nitrogens with zero attached hydrogens (tertiary/aromatic N) is 2. The first-order chi connectivity index (χ1) is 8.66. The summed E-state index contributed by atoms with van der Waals surface area (Å²) in [6, 6.07) is 3.91. The van der Waals surface area contributed by atoms with Crippen molar-refractivity contribution in [2.45, 2.75) is 25.5 Å². The van der Waals surface area contributed by atoms with Crippen LogP contribution in [0.1, 0.15) is 18.4 Å². The van der Waals surface area contributed by atoms with E-state index in [1.807, 2.05) is 31.1 Å². The Kier molecular flexibility index (Phi) is 4.15. The summed E-state index contributed by atoms with van der Waals surface area (Å²) in [5.41, 5.74) is 0.993. The van der Waals surface area contributed by atoms with Crippen LogP contribution >= 0.6 is 0 Å². The number of rotatable bonds is 4. The van der Waals surface area contributed by atoms with E-state index in [2.05, 4.69) is 10.3 Å². The van der Waals surface area contributed by atoms with E-state index < -0.39 is 0 Å². The molecule has 2 rings (SSSR count). The van der Waals surface area contributed by atoms with Crippen LogP contribution in [0.15, 0.2) is 18.3 Å². The third-order valence-corrected chi connectivity index (χ3v) is 2.96. The summed E-state index contributed by atoms with van der Waals surface area (Å²) in [6.45, 7) is 1.19. The molecule has 1 aromatic rings. The standard InChI is InChI=1S/C13H19N3O2/c1-16(2)12-6-5-10(8-14-12)9-15-13(17)11-4-3-7-18-11/h5-6,8,11H,3-4,7,9H2,1-2H3,(H,15,17)/t11-/m0/s1. The van der Waals surface area contributed by atoms with Gasteiger partial charge in [-0.3, -0.25) is 4.79 Å². The van der Waals surface area contributed by atoms with E-state index in [4.69, 9.17) is 4.74 Å². The van der Waals surface area contributed by atoms with Gasteiger partial charge in [-0.25, -0.2) is 4.98 Å². The Bertz CT molecular complexity index is 397. The minimum atomic E-state index is -0.265. The van der Waals surface area contributed by atoms with Crippen molar-refractivity contribution in [3.63, 3.8) is 0 Å². The molecule has 1 aliphatic heterocycles. The topological polar surface area (TPSA) is 54.5 Å². The van der Waals surface area contributed by atoms with Gasteiger partial charge in [-0.15, -0.1) is 0 Å². The molecule has 0 unspecified atom stereocenters. The lowest BCUT2D eigenvalue weighted by atomic mass is 10.2. The Morgan fingerprint density at radius 1 is 1.56 bits per heavy atom. The SMILES string of the molecule is CN(C)c1ccc(CNC(=O)[C@@H]2CCCO2)cn1. The maximum absolute atomic E-state index is 11.7. The van der Waals surface area contributed by atoms with Crippen LogP contribution in [0.25, 0.3) is 0 Å². The van der Waals surface area contributed by atoms with Gasteiger partial charge in [0, 0.05) is 33.4 Å². The first-order valence-electron chi connectivity index (χ1n) is 6.18. The van der Waals surface area contributed by atoms with Crippen LogP contribution in [0.3, 0.4) is 0 Å². The predicted molar refractivity (Wildman–Crippen MR) is 69.4 cm³/mol. The summed E-state index contributed by atoms with van der Waals surface area (Å²) in [4.78, 5) is 18.0. The molecule has 18 heavy (non-hydrogen) atoms. The van der Waals surface area contributed by atoms with E-state index in [-0.39, 0.29) is 12.0 Å². The van der Waals surface area contributed by atoms with Crippen LogP contribution in [0.4, 0.5) is 5.82 Å². The van der Waals surface area contributed by atoms with Crippen LogP contribution < -0.4 is 10.2 Å². The van der Waals surface area contributed by atoms with Crippen LogP contribution in [-0.4, -0.2) is 37.7 Å². The molecule has 1 saturated heterocycles. The number of aromatic nitrogens is 1. The van der Waals surface area contributed by atoms with Crippen molar-refractivity contribution in [2.75, 3.05) is 25.6 Å². The van der Waals surface area contributed by atoms with Crippen molar-refractivity contribution in [1.29, 1.82) is 0 Å². The quantitative estimate of drug-likeness (QED) is 0.863. The summed E-state index contributed by atoms with van der Waals surface area (Å²) >= 11 is 0. The molecule has 0 aromatic carbocycles. The van der Waals surface area contributed by atoms with E-state index in [9.17, 15) is 4.79 Å². The number of anilines is 1. The fraction of sp³-hybridized carbons (Fsp3) is 0.538. The molecule has 5 nitrogen and oxygen atoms in total. The molecule has 98 valence electrons. The third kappa shape index (κ3) is 3.20. The molecule has 0 bridgehead atoms. The van der Waals surface area contributed by atoms with Gasteiger partial charge in [-0.2, -0.15) is 0 Å². The summed E-state index contributed by atoms with van der Waals surface area (Å²) < 4.78 is 5.32. The zero-order valence-corrected chi connectivity index (χ0v) is 10.8. The number of carbonyl (C=O) groups excluding carboxylic acids is 1. The van der Waals surface area contributed by atoms with Crippen LogP contribution in [-0.2, 0) is 16.1 Å². The zero-order chi connectivity index (χ0) is 13.0. The number of ether oxygens (including phenoxy) is 1. The lowest BCUT2D eigenvalue weighted by molar-refractivity contribution is -0.130. The highest BCUT2D eigenvalue weighted by molar-refractivity contribution is 5.80. The number of carbonyl (C=O) groups is 1. The maximum atomic E-state index is 11.7. The van der Waals surface area contributed by atoms with E-state index in [1.165, 1.54) is 0 Å². The van der Waals surface area contributed by atoms with Gasteiger partial charge in [0.25, 0.3) is 0 Å². The molecule has 1 amide bonds. The third-order valence-electron chi connectivity index (χ3n) is 2.96. The molecule has 1 aliphatic rings. The normalized spacial score (nSPS) is 18.7. The average Bonchev–Trinajstić information content (AvgIpc) is 2.90. The fourth-order valence-corrected chi connectivity index (χ4v) is 1.87. The lowest BCUT2D eigenvalue weighted by Crippen LogP contribution is -2.33. The van der Waals surface area contributed by atoms with Crippen molar-refractivity contribution < 1.29 is 9.53 Å². The van der Waals surface area contributed by atoms with Crippen molar-refractivity contribution in [3.8, 4) is 0 Å². The van der Waals surface area contributed by atoms with Crippen LogP contribution in [0.5, 0.6) is 0 Å². The Labute approximate surface area is 107 Å². The summed E-state index contributed by atoms with van der Waals surface area (Å²) in [5, 5.41) is 2.87. The molecular formula is C13H19N3O2. The van der Waals surface area contributed by atoms with Crippen molar-refractivity contribution in [1.82, 2.24) is 10.3 Å². The number of hydrogen-bond acceptors (Lipinski definition) is 4. The first kappa shape index (κ1) is 12.8. The second-order valence-electron chi connectivity index (χ2n) is 4.64. The lowest BCUT2D eigenvalue weighted by Gasteiger charge is -2.12. The highest BCUT2D eigenvalue weighted by Gasteiger charge is 2.22. The van der Waals surface area contributed by atoms with Gasteiger partial charge in [-0.1, -0.05) is 6.07 Å². The second kappa shape index (κ2) is 5.82. The Morgan fingerprint density at radius 2 is 2.39 bits per heavy atom. The monoisotopic (exact) mass is 249 g/mol. The van der Waals surface area contributed by atoms with E-state index in [0.717, 1.165) is 24.2 Å². The van der Waals surface area contributed by atoms with E-state index in [0.29, 0.717) is 13.2 Å². The highest BCUT2D eigenvalue weighted by Crippen LogP contribution is 2.12. The van der Waals surface area contributed by atoms with Gasteiger partial charge in [-0.05, 0) is 24.5 Å². The van der Waals surface area contributed by atoms with Gasteiger partial charge in [0.05, 0.1) is 0 Å². The summed E-state index contributed by atoms with van der Waals surface area (Å²) in [7, 11) is 3.89. The highest BCUT2D eigenvalue weighted by atomic mass is 16.5. The molecule has 1 aromatic heterocycles. The summed E-state index contributed by atoms with van der Waals surface area (Å²) in [6.07, 6.45) is 3.31. The Balaban J connectivity index is 1.84. The second-order valence-corrected chi connectivity index (χ2v) is 4.64. The predicted octanol–water partition coefficient (Wildman–Crippen LogP) is 0.943. The van der Waals surface area contributed by atoms with Gasteiger partial charge >= 0.3 is 0 Å². The molecule has 0 spiro atoms. The zero-order valence-electron chi connectivity index (χ0n) is 10.8. The van der Waals surface area contributed by atoms with Crippen molar-refractivity contribution in [2.24, 2.45) is 0 Å². The molecule has 5 heteroatoms. The average molecular weight is 249 g/mol. The fourth-order valence-electron chi connectivity index (χ4n) is 1.87. The molecule has 0 radical (unpaired) electrons. The number of pyridine rings is 1. The Hall–Kier alpha value is -1.62. The maximum Gasteiger partial charge on any atom is 0.249 e. The molecule has 1 atom stereocenters. The van der Waals surface area contributed by atoms with Crippen molar-refractivity contribution in [3.05, 3.63) is 23.9 Å². The van der Waals surface area contributed by atoms with E-state index >= 15 is 0 Å². The van der Waals surface area contributed by atoms with Crippen LogP contribution in [0, 0.1) is 0 Å². The Morgan fingerprint density at radius 3 is 2.94 bits per heavy atom. The van der Waals surface area contributed by atoms with Gasteiger partial charge in [0.15, 0.2) is 0 Å². The minimum absolute atomic E-state index is 0.0239. The molecule has 2 heterocycles.